The van der Waals surface area contributed by atoms with Crippen LogP contribution < -0.4 is 0 Å². The van der Waals surface area contributed by atoms with Crippen LogP contribution in [0.15, 0.2) is 41.0 Å². The van der Waals surface area contributed by atoms with E-state index in [2.05, 4.69) is 39.8 Å². The molecule has 0 N–H and O–H groups in total. The predicted molar refractivity (Wildman–Crippen MR) is 71.8 cm³/mol. The molecule has 0 aromatic carbocycles. The van der Waals surface area contributed by atoms with Crippen LogP contribution in [0.4, 0.5) is 0 Å². The molecule has 0 spiro atoms. The maximum atomic E-state index is 2.47. The first-order valence-electron chi connectivity index (χ1n) is 6.81. The zero-order valence-corrected chi connectivity index (χ0v) is 13.9. The Morgan fingerprint density at radius 1 is 0.765 bits per heavy atom. The summed E-state index contributed by atoms with van der Waals surface area (Å²) in [6.07, 6.45) is 7.52. The molecule has 90 valence electrons. The fraction of sp³-hybridized carbons (Fsp3) is 0.500. The quantitative estimate of drug-likeness (QED) is 0.654. The van der Waals surface area contributed by atoms with Gasteiger partial charge in [-0.1, -0.05) is 0 Å². The minimum atomic E-state index is -1.97. The molecule has 0 atom stereocenters. The molecule has 2 aliphatic carbocycles. The van der Waals surface area contributed by atoms with Gasteiger partial charge in [0.2, 0.25) is 0 Å². The Morgan fingerprint density at radius 3 is 1.41 bits per heavy atom. The van der Waals surface area contributed by atoms with Gasteiger partial charge in [-0.15, -0.1) is 0 Å². The first kappa shape index (κ1) is 11.9. The van der Waals surface area contributed by atoms with Gasteiger partial charge < -0.3 is 0 Å². The molecule has 1 heterocycles. The second-order valence-corrected chi connectivity index (χ2v) is 16.7. The molecule has 0 saturated carbocycles. The van der Waals surface area contributed by atoms with E-state index in [0.29, 0.717) is 0 Å². The molecule has 0 aromatic heterocycles. The summed E-state index contributed by atoms with van der Waals surface area (Å²) in [4.78, 5) is 0. The molecule has 1 aliphatic heterocycles. The van der Waals surface area contributed by atoms with Crippen molar-refractivity contribution in [2.45, 2.75) is 48.8 Å². The van der Waals surface area contributed by atoms with E-state index in [0.717, 1.165) is 0 Å². The van der Waals surface area contributed by atoms with Gasteiger partial charge in [-0.2, -0.15) is 0 Å². The molecule has 0 bridgehead atoms. The standard InChI is InChI=1S/2C7H9.C2H4.Zr/c2*1-6-4-3-5-7(6)2;1-2;/h2*4H,3H2,1-2H3;1-2H2;. The summed E-state index contributed by atoms with van der Waals surface area (Å²) >= 11 is -1.97. The van der Waals surface area contributed by atoms with Crippen LogP contribution in [-0.2, 0) is 20.3 Å². The topological polar surface area (TPSA) is 0 Å². The van der Waals surface area contributed by atoms with Gasteiger partial charge in [-0.05, 0) is 0 Å². The van der Waals surface area contributed by atoms with Crippen molar-refractivity contribution < 1.29 is 20.3 Å². The third-order valence-corrected chi connectivity index (χ3v) is 17.4. The van der Waals surface area contributed by atoms with Gasteiger partial charge in [0.05, 0.1) is 0 Å². The number of allylic oxidation sites excluding steroid dienone is 8. The Bertz CT molecular complexity index is 464. The van der Waals surface area contributed by atoms with E-state index in [1.807, 2.05) is 6.56 Å². The maximum absolute atomic E-state index is 2.47. The zero-order valence-electron chi connectivity index (χ0n) is 11.5. The van der Waals surface area contributed by atoms with Gasteiger partial charge in [0, 0.05) is 0 Å². The number of hydrogen-bond donors (Lipinski definition) is 0. The summed E-state index contributed by atoms with van der Waals surface area (Å²) in [5.41, 5.74) is 6.46. The van der Waals surface area contributed by atoms with Crippen LogP contribution in [0.2, 0.25) is 8.26 Å². The fourth-order valence-electron chi connectivity index (χ4n) is 3.62. The van der Waals surface area contributed by atoms with Crippen LogP contribution >= 0.6 is 0 Å². The molecule has 0 radical (unpaired) electrons. The van der Waals surface area contributed by atoms with Gasteiger partial charge in [-0.3, -0.25) is 0 Å². The second-order valence-electron chi connectivity index (χ2n) is 5.97. The molecule has 0 aromatic rings. The van der Waals surface area contributed by atoms with E-state index in [4.69, 9.17) is 0 Å². The van der Waals surface area contributed by atoms with Crippen molar-refractivity contribution in [1.82, 2.24) is 0 Å². The van der Waals surface area contributed by atoms with Crippen LogP contribution in [0.5, 0.6) is 0 Å². The summed E-state index contributed by atoms with van der Waals surface area (Å²) in [6.45, 7) is 9.33. The molecule has 3 aliphatic rings. The SMILES string of the molecule is CC1=CC[C]([Zr]2([C]3=C(C)C(C)=CC3)[CH2][CH2]2)=C1C. The van der Waals surface area contributed by atoms with Gasteiger partial charge >= 0.3 is 110 Å². The summed E-state index contributed by atoms with van der Waals surface area (Å²) in [5.74, 6) is 0. The van der Waals surface area contributed by atoms with Crippen LogP contribution in [0.25, 0.3) is 0 Å². The molecular formula is C16H22Zr. The number of rotatable bonds is 2. The van der Waals surface area contributed by atoms with E-state index < -0.39 is 20.3 Å². The Morgan fingerprint density at radius 2 is 1.18 bits per heavy atom. The molecule has 0 amide bonds. The summed E-state index contributed by atoms with van der Waals surface area (Å²) < 4.78 is 7.07. The Hall–Kier alpha value is -0.157. The Labute approximate surface area is 110 Å². The average molecular weight is 306 g/mol. The van der Waals surface area contributed by atoms with E-state index in [1.54, 1.807) is 30.5 Å². The Balaban J connectivity index is 2.01. The third-order valence-electron chi connectivity index (χ3n) is 5.22. The predicted octanol–water partition coefficient (Wildman–Crippen LogP) is 5.24. The van der Waals surface area contributed by atoms with Crippen molar-refractivity contribution in [3.8, 4) is 0 Å². The molecule has 0 nitrogen and oxygen atoms in total. The molecular weight excluding hydrogens is 283 g/mol. The van der Waals surface area contributed by atoms with E-state index in [-0.39, 0.29) is 0 Å². The van der Waals surface area contributed by atoms with Crippen molar-refractivity contribution in [1.29, 1.82) is 0 Å². The van der Waals surface area contributed by atoms with E-state index in [9.17, 15) is 0 Å². The molecule has 1 heteroatoms. The van der Waals surface area contributed by atoms with Crippen molar-refractivity contribution in [3.05, 3.63) is 41.0 Å². The molecule has 1 fully saturated rings. The number of hydrogen-bond acceptors (Lipinski definition) is 0. The summed E-state index contributed by atoms with van der Waals surface area (Å²) in [7, 11) is 0. The first-order valence-corrected chi connectivity index (χ1v) is 12.7. The van der Waals surface area contributed by atoms with Crippen molar-refractivity contribution in [2.75, 3.05) is 0 Å². The zero-order chi connectivity index (χ0) is 12.2. The molecule has 0 unspecified atom stereocenters. The fourth-order valence-corrected chi connectivity index (χ4v) is 18.7. The van der Waals surface area contributed by atoms with Crippen LogP contribution in [0.1, 0.15) is 40.5 Å². The van der Waals surface area contributed by atoms with Crippen molar-refractivity contribution >= 4 is 0 Å². The van der Waals surface area contributed by atoms with Crippen LogP contribution in [-0.4, -0.2) is 0 Å². The van der Waals surface area contributed by atoms with Crippen LogP contribution in [0.3, 0.4) is 0 Å². The summed E-state index contributed by atoms with van der Waals surface area (Å²) in [5, 5.41) is 0. The van der Waals surface area contributed by atoms with E-state index in [1.165, 1.54) is 12.8 Å². The van der Waals surface area contributed by atoms with Gasteiger partial charge in [0.1, 0.15) is 0 Å². The van der Waals surface area contributed by atoms with Gasteiger partial charge in [0.15, 0.2) is 0 Å². The molecule has 17 heavy (non-hydrogen) atoms. The normalized spacial score (nSPS) is 26.6. The van der Waals surface area contributed by atoms with Gasteiger partial charge in [0.25, 0.3) is 0 Å². The van der Waals surface area contributed by atoms with Crippen LogP contribution in [0, 0.1) is 0 Å². The van der Waals surface area contributed by atoms with Gasteiger partial charge in [-0.25, -0.2) is 0 Å². The Kier molecular flexibility index (Phi) is 2.75. The monoisotopic (exact) mass is 304 g/mol. The van der Waals surface area contributed by atoms with Crippen molar-refractivity contribution in [3.63, 3.8) is 0 Å². The minimum absolute atomic E-state index is 1.30. The molecule has 1 saturated heterocycles. The van der Waals surface area contributed by atoms with E-state index >= 15 is 0 Å². The van der Waals surface area contributed by atoms with Crippen molar-refractivity contribution in [2.24, 2.45) is 0 Å². The third kappa shape index (κ3) is 1.65. The summed E-state index contributed by atoms with van der Waals surface area (Å²) in [6, 6.07) is 0. The second kappa shape index (κ2) is 3.92. The average Bonchev–Trinajstić information content (AvgIpc) is 2.93. The first-order chi connectivity index (χ1) is 8.06. The molecule has 3 rings (SSSR count).